The van der Waals surface area contributed by atoms with E-state index in [1.165, 1.54) is 9.80 Å². The molecule has 1 saturated heterocycles. The fourth-order valence-electron chi connectivity index (χ4n) is 6.53. The molecule has 0 saturated carbocycles. The molecular formula is C29H26F3N5O3. The van der Waals surface area contributed by atoms with Gasteiger partial charge in [0.15, 0.2) is 11.6 Å². The molecule has 40 heavy (non-hydrogen) atoms. The summed E-state index contributed by atoms with van der Waals surface area (Å²) in [6.07, 6.45) is 0.505. The predicted molar refractivity (Wildman–Crippen MR) is 139 cm³/mol. The Labute approximate surface area is 227 Å². The van der Waals surface area contributed by atoms with Crippen LogP contribution in [0.1, 0.15) is 48.3 Å². The molecule has 206 valence electrons. The highest BCUT2D eigenvalue weighted by Gasteiger charge is 2.57. The summed E-state index contributed by atoms with van der Waals surface area (Å²) in [5.41, 5.74) is 0.00322. The molecule has 1 aromatic heterocycles. The van der Waals surface area contributed by atoms with Crippen molar-refractivity contribution in [2.75, 3.05) is 18.4 Å². The van der Waals surface area contributed by atoms with Crippen LogP contribution in [0, 0.1) is 34.7 Å². The standard InChI is InChI=1S/C29H26F3N5O3/c1-14(2)9-21(36-8-7-16-22-18(30)10-19(31)23(32)25(22)35-24(16)27(36)39)26(38)37-13-29(11-15(37)12-33)17-5-3-4-6-20(17)34-28(29)40/h3-6,10,14-15,21,35H,7-9,11,13H2,1-2H3,(H,34,40)/t15-,21-,29-/m0/s1. The maximum Gasteiger partial charge on any atom is 0.271 e. The summed E-state index contributed by atoms with van der Waals surface area (Å²) in [6.45, 7) is 3.81. The summed E-state index contributed by atoms with van der Waals surface area (Å²) in [5, 5.41) is 12.7. The van der Waals surface area contributed by atoms with Crippen LogP contribution in [-0.2, 0) is 21.4 Å². The molecule has 0 bridgehead atoms. The second-order valence-electron chi connectivity index (χ2n) is 11.2. The van der Waals surface area contributed by atoms with E-state index in [0.29, 0.717) is 11.8 Å². The van der Waals surface area contributed by atoms with Crippen LogP contribution in [0.15, 0.2) is 30.3 Å². The average molecular weight is 550 g/mol. The van der Waals surface area contributed by atoms with E-state index in [2.05, 4.69) is 16.4 Å². The van der Waals surface area contributed by atoms with Crippen LogP contribution in [0.25, 0.3) is 10.9 Å². The number of halogens is 3. The van der Waals surface area contributed by atoms with Gasteiger partial charge in [0.2, 0.25) is 11.8 Å². The lowest BCUT2D eigenvalue weighted by Crippen LogP contribution is -2.55. The van der Waals surface area contributed by atoms with E-state index in [1.54, 1.807) is 18.2 Å². The number of carbonyl (C=O) groups is 3. The molecule has 0 unspecified atom stereocenters. The zero-order valence-electron chi connectivity index (χ0n) is 21.9. The molecule has 11 heteroatoms. The Kier molecular flexibility index (Phi) is 5.91. The van der Waals surface area contributed by atoms with Crippen LogP contribution in [-0.4, -0.2) is 57.7 Å². The van der Waals surface area contributed by atoms with Gasteiger partial charge in [-0.1, -0.05) is 32.0 Å². The van der Waals surface area contributed by atoms with Gasteiger partial charge < -0.3 is 20.1 Å². The van der Waals surface area contributed by atoms with Crippen molar-refractivity contribution >= 4 is 34.3 Å². The summed E-state index contributed by atoms with van der Waals surface area (Å²) >= 11 is 0. The highest BCUT2D eigenvalue weighted by atomic mass is 19.2. The normalized spacial score (nSPS) is 22.6. The molecule has 0 aliphatic carbocycles. The van der Waals surface area contributed by atoms with Crippen molar-refractivity contribution < 1.29 is 27.6 Å². The number of aromatic nitrogens is 1. The van der Waals surface area contributed by atoms with Gasteiger partial charge in [-0.05, 0) is 36.0 Å². The number of hydrogen-bond donors (Lipinski definition) is 2. The van der Waals surface area contributed by atoms with Gasteiger partial charge >= 0.3 is 0 Å². The number of carbonyl (C=O) groups excluding carboxylic acids is 3. The lowest BCUT2D eigenvalue weighted by molar-refractivity contribution is -0.137. The van der Waals surface area contributed by atoms with Gasteiger partial charge in [-0.25, -0.2) is 13.2 Å². The van der Waals surface area contributed by atoms with Gasteiger partial charge in [0.25, 0.3) is 5.91 Å². The number of hydrogen-bond acceptors (Lipinski definition) is 4. The minimum atomic E-state index is -1.37. The van der Waals surface area contributed by atoms with E-state index in [4.69, 9.17) is 0 Å². The summed E-state index contributed by atoms with van der Waals surface area (Å²) in [4.78, 5) is 46.3. The van der Waals surface area contributed by atoms with Crippen LogP contribution in [0.5, 0.6) is 0 Å². The summed E-state index contributed by atoms with van der Waals surface area (Å²) < 4.78 is 43.0. The number of likely N-dealkylation sites (tertiary alicyclic amines) is 1. The van der Waals surface area contributed by atoms with Gasteiger partial charge in [-0.3, -0.25) is 14.4 Å². The van der Waals surface area contributed by atoms with Crippen molar-refractivity contribution in [1.82, 2.24) is 14.8 Å². The highest BCUT2D eigenvalue weighted by Crippen LogP contribution is 2.46. The number of nitriles is 1. The molecular weight excluding hydrogens is 523 g/mol. The molecule has 4 heterocycles. The van der Waals surface area contributed by atoms with Crippen LogP contribution in [0.3, 0.4) is 0 Å². The molecule has 0 radical (unpaired) electrons. The topological polar surface area (TPSA) is 109 Å². The summed E-state index contributed by atoms with van der Waals surface area (Å²) in [5.74, 6) is -5.04. The Hall–Kier alpha value is -4.33. The van der Waals surface area contributed by atoms with Gasteiger partial charge in [-0.2, -0.15) is 5.26 Å². The summed E-state index contributed by atoms with van der Waals surface area (Å²) in [7, 11) is 0. The van der Waals surface area contributed by atoms with Crippen molar-refractivity contribution in [2.24, 2.45) is 5.92 Å². The maximum absolute atomic E-state index is 14.6. The summed E-state index contributed by atoms with van der Waals surface area (Å²) in [6, 6.07) is 7.93. The number of aromatic amines is 1. The Morgan fingerprint density at radius 2 is 1.95 bits per heavy atom. The molecule has 3 aromatic rings. The number of rotatable bonds is 4. The Morgan fingerprint density at radius 1 is 1.20 bits per heavy atom. The first-order chi connectivity index (χ1) is 19.1. The van der Waals surface area contributed by atoms with Crippen molar-refractivity contribution in [3.05, 3.63) is 64.6 Å². The van der Waals surface area contributed by atoms with E-state index in [9.17, 15) is 32.8 Å². The number of H-pyrrole nitrogens is 1. The van der Waals surface area contributed by atoms with Gasteiger partial charge in [0.05, 0.1) is 17.0 Å². The molecule has 1 fully saturated rings. The number of para-hydroxylation sites is 1. The molecule has 1 spiro atoms. The van der Waals surface area contributed by atoms with Gasteiger partial charge in [0.1, 0.15) is 23.6 Å². The van der Waals surface area contributed by atoms with E-state index < -0.39 is 52.3 Å². The molecule has 2 N–H and O–H groups in total. The first kappa shape index (κ1) is 25.9. The number of nitrogens with zero attached hydrogens (tertiary/aromatic N) is 3. The first-order valence-corrected chi connectivity index (χ1v) is 13.2. The van der Waals surface area contributed by atoms with Crippen LogP contribution < -0.4 is 5.32 Å². The largest absolute Gasteiger partial charge is 0.348 e. The second-order valence-corrected chi connectivity index (χ2v) is 11.2. The molecule has 3 amide bonds. The number of nitrogens with one attached hydrogen (secondary N) is 2. The van der Waals surface area contributed by atoms with Crippen molar-refractivity contribution in [3.63, 3.8) is 0 Å². The minimum absolute atomic E-state index is 0.0170. The number of amides is 3. The molecule has 3 aliphatic rings. The van der Waals surface area contributed by atoms with E-state index in [0.717, 1.165) is 5.56 Å². The predicted octanol–water partition coefficient (Wildman–Crippen LogP) is 4.01. The zero-order chi connectivity index (χ0) is 28.5. The monoisotopic (exact) mass is 549 g/mol. The third-order valence-corrected chi connectivity index (χ3v) is 8.37. The maximum atomic E-state index is 14.6. The van der Waals surface area contributed by atoms with Crippen molar-refractivity contribution in [3.8, 4) is 6.07 Å². The Morgan fingerprint density at radius 3 is 2.67 bits per heavy atom. The molecule has 8 nitrogen and oxygen atoms in total. The zero-order valence-corrected chi connectivity index (χ0v) is 21.9. The SMILES string of the molecule is CC(C)C[C@@H](C(=O)N1C[C@]2(C[C@H]1C#N)C(=O)Nc1ccccc12)N1CCc2c([nH]c3c(F)c(F)cc(F)c23)C1=O. The third kappa shape index (κ3) is 3.62. The van der Waals surface area contributed by atoms with Gasteiger partial charge in [0, 0.05) is 36.7 Å². The smallest absolute Gasteiger partial charge is 0.271 e. The molecule has 6 rings (SSSR count). The fourth-order valence-corrected chi connectivity index (χ4v) is 6.53. The lowest BCUT2D eigenvalue weighted by atomic mass is 9.80. The number of anilines is 1. The molecule has 3 aliphatic heterocycles. The Balaban J connectivity index is 1.36. The average Bonchev–Trinajstić information content (AvgIpc) is 3.59. The lowest BCUT2D eigenvalue weighted by Gasteiger charge is -2.37. The number of benzene rings is 2. The third-order valence-electron chi connectivity index (χ3n) is 8.37. The van der Waals surface area contributed by atoms with Crippen molar-refractivity contribution in [2.45, 2.75) is 50.6 Å². The quantitative estimate of drug-likeness (QED) is 0.480. The van der Waals surface area contributed by atoms with E-state index in [1.807, 2.05) is 19.9 Å². The van der Waals surface area contributed by atoms with Crippen LogP contribution >= 0.6 is 0 Å². The fraction of sp³-hybridized carbons (Fsp3) is 0.379. The molecule has 2 aromatic carbocycles. The van der Waals surface area contributed by atoms with E-state index in [-0.39, 0.29) is 60.8 Å². The first-order valence-electron chi connectivity index (χ1n) is 13.2. The van der Waals surface area contributed by atoms with Crippen LogP contribution in [0.2, 0.25) is 0 Å². The van der Waals surface area contributed by atoms with Crippen LogP contribution in [0.4, 0.5) is 18.9 Å². The molecule has 3 atom stereocenters. The van der Waals surface area contributed by atoms with E-state index >= 15 is 0 Å². The van der Waals surface area contributed by atoms with Crippen molar-refractivity contribution in [1.29, 1.82) is 5.26 Å². The highest BCUT2D eigenvalue weighted by molar-refractivity contribution is 6.08. The second kappa shape index (κ2) is 9.11. The minimum Gasteiger partial charge on any atom is -0.348 e. The van der Waals surface area contributed by atoms with Gasteiger partial charge in [-0.15, -0.1) is 0 Å². The number of fused-ring (bicyclic) bond motifs is 5. The Bertz CT molecular complexity index is 1640.